The second kappa shape index (κ2) is 7.82. The zero-order chi connectivity index (χ0) is 22.4. The summed E-state index contributed by atoms with van der Waals surface area (Å²) in [5.74, 6) is -0.987. The van der Waals surface area contributed by atoms with Crippen LogP contribution in [0.4, 0.5) is 4.79 Å². The van der Waals surface area contributed by atoms with E-state index in [0.29, 0.717) is 5.56 Å². The van der Waals surface area contributed by atoms with Crippen LogP contribution in [0.15, 0.2) is 65.6 Å². The normalized spacial score (nSPS) is 19.1. The van der Waals surface area contributed by atoms with Crippen LogP contribution in [-0.4, -0.2) is 37.6 Å². The lowest BCUT2D eigenvalue weighted by Crippen LogP contribution is -2.41. The molecule has 1 aliphatic heterocycles. The van der Waals surface area contributed by atoms with Gasteiger partial charge >= 0.3 is 6.03 Å². The number of sulfone groups is 1. The summed E-state index contributed by atoms with van der Waals surface area (Å²) in [7, 11) is -3.87. The van der Waals surface area contributed by atoms with Crippen molar-refractivity contribution < 1.29 is 18.0 Å². The van der Waals surface area contributed by atoms with Crippen molar-refractivity contribution in [3.63, 3.8) is 0 Å². The number of fused-ring (bicyclic) bond motifs is 1. The Bertz CT molecular complexity index is 1320. The van der Waals surface area contributed by atoms with Gasteiger partial charge in [-0.3, -0.25) is 9.69 Å². The lowest BCUT2D eigenvalue weighted by atomic mass is 9.88. The monoisotopic (exact) mass is 476 g/mol. The van der Waals surface area contributed by atoms with E-state index in [1.54, 1.807) is 13.0 Å². The summed E-state index contributed by atoms with van der Waals surface area (Å²) in [5, 5.41) is 4.75. The number of imide groups is 1. The summed E-state index contributed by atoms with van der Waals surface area (Å²) < 4.78 is 25.5. The number of nitrogens with one attached hydrogen (secondary N) is 1. The number of carbonyl (C=O) groups is 2. The van der Waals surface area contributed by atoms with Crippen LogP contribution in [0.25, 0.3) is 10.8 Å². The van der Waals surface area contributed by atoms with Crippen LogP contribution in [0, 0.1) is 0 Å². The molecular weight excluding hydrogens is 459 g/mol. The van der Waals surface area contributed by atoms with Crippen molar-refractivity contribution in [2.24, 2.45) is 0 Å². The highest BCUT2D eigenvalue weighted by atomic mass is 35.5. The standard InChI is InChI=1S/C22H18Cl2N2O4S/c1-22(17-8-4-6-14-5-2-3-7-16(14)17)20(27)26(21(28)25-22)11-12-31(29,30)19-13-15(23)9-10-18(19)24/h2-10,13H,11-12H2,1H3,(H,25,28). The largest absolute Gasteiger partial charge is 0.325 e. The summed E-state index contributed by atoms with van der Waals surface area (Å²) in [5.41, 5.74) is -0.665. The minimum Gasteiger partial charge on any atom is -0.319 e. The van der Waals surface area contributed by atoms with Crippen molar-refractivity contribution in [3.05, 3.63) is 76.3 Å². The second-order valence-electron chi connectivity index (χ2n) is 7.43. The molecule has 1 saturated heterocycles. The van der Waals surface area contributed by atoms with Gasteiger partial charge in [0, 0.05) is 11.6 Å². The summed E-state index contributed by atoms with van der Waals surface area (Å²) in [6.45, 7) is 1.31. The molecule has 0 bridgehead atoms. The first-order chi connectivity index (χ1) is 14.6. The first-order valence-electron chi connectivity index (χ1n) is 9.44. The van der Waals surface area contributed by atoms with Gasteiger partial charge in [-0.05, 0) is 41.5 Å². The highest BCUT2D eigenvalue weighted by Gasteiger charge is 2.49. The second-order valence-corrected chi connectivity index (χ2v) is 10.4. The van der Waals surface area contributed by atoms with Gasteiger partial charge in [-0.1, -0.05) is 65.7 Å². The smallest absolute Gasteiger partial charge is 0.319 e. The minimum atomic E-state index is -3.87. The molecule has 3 amide bonds. The Balaban J connectivity index is 1.62. The number of carbonyl (C=O) groups excluding carboxylic acids is 2. The van der Waals surface area contributed by atoms with Crippen molar-refractivity contribution >= 4 is 55.7 Å². The van der Waals surface area contributed by atoms with E-state index in [-0.39, 0.29) is 21.5 Å². The van der Waals surface area contributed by atoms with E-state index < -0.39 is 33.1 Å². The van der Waals surface area contributed by atoms with E-state index in [2.05, 4.69) is 5.32 Å². The molecule has 3 aromatic rings. The van der Waals surface area contributed by atoms with E-state index in [1.807, 2.05) is 36.4 Å². The predicted octanol–water partition coefficient (Wildman–Crippen LogP) is 4.39. The molecule has 6 nitrogen and oxygen atoms in total. The summed E-state index contributed by atoms with van der Waals surface area (Å²) in [4.78, 5) is 26.7. The Morgan fingerprint density at radius 3 is 2.48 bits per heavy atom. The lowest BCUT2D eigenvalue weighted by Gasteiger charge is -2.24. The number of nitrogens with zero attached hydrogens (tertiary/aromatic N) is 1. The molecule has 3 aromatic carbocycles. The molecule has 1 atom stereocenters. The van der Waals surface area contributed by atoms with Gasteiger partial charge in [0.15, 0.2) is 9.84 Å². The highest BCUT2D eigenvalue weighted by Crippen LogP contribution is 2.34. The van der Waals surface area contributed by atoms with Crippen LogP contribution >= 0.6 is 23.2 Å². The Labute approximate surface area is 189 Å². The van der Waals surface area contributed by atoms with Gasteiger partial charge in [-0.15, -0.1) is 0 Å². The van der Waals surface area contributed by atoms with Gasteiger partial charge in [-0.25, -0.2) is 13.2 Å². The summed E-state index contributed by atoms with van der Waals surface area (Å²) in [6, 6.07) is 16.5. The predicted molar refractivity (Wildman–Crippen MR) is 120 cm³/mol. The van der Waals surface area contributed by atoms with Crippen molar-refractivity contribution in [3.8, 4) is 0 Å². The SMILES string of the molecule is CC1(c2cccc3ccccc23)NC(=O)N(CCS(=O)(=O)c2cc(Cl)ccc2Cl)C1=O. The van der Waals surface area contributed by atoms with Gasteiger partial charge < -0.3 is 5.32 Å². The molecule has 0 saturated carbocycles. The van der Waals surface area contributed by atoms with Crippen LogP contribution in [0.3, 0.4) is 0 Å². The minimum absolute atomic E-state index is 0.0298. The number of urea groups is 1. The number of hydrogen-bond acceptors (Lipinski definition) is 4. The van der Waals surface area contributed by atoms with Crippen molar-refractivity contribution in [2.45, 2.75) is 17.4 Å². The zero-order valence-corrected chi connectivity index (χ0v) is 18.8. The summed E-state index contributed by atoms with van der Waals surface area (Å²) >= 11 is 11.9. The average molecular weight is 477 g/mol. The molecular formula is C22H18Cl2N2O4S. The lowest BCUT2D eigenvalue weighted by molar-refractivity contribution is -0.130. The first-order valence-corrected chi connectivity index (χ1v) is 11.8. The molecule has 4 rings (SSSR count). The zero-order valence-electron chi connectivity index (χ0n) is 16.4. The quantitative estimate of drug-likeness (QED) is 0.553. The third-order valence-electron chi connectivity index (χ3n) is 5.42. The van der Waals surface area contributed by atoms with Crippen LogP contribution in [0.1, 0.15) is 12.5 Å². The third kappa shape index (κ3) is 3.78. The van der Waals surface area contributed by atoms with Crippen molar-refractivity contribution in [1.29, 1.82) is 0 Å². The van der Waals surface area contributed by atoms with Crippen LogP contribution in [0.5, 0.6) is 0 Å². The van der Waals surface area contributed by atoms with Gasteiger partial charge in [0.25, 0.3) is 5.91 Å². The third-order valence-corrected chi connectivity index (χ3v) is 7.82. The fourth-order valence-electron chi connectivity index (χ4n) is 3.78. The Morgan fingerprint density at radius 1 is 1.00 bits per heavy atom. The van der Waals surface area contributed by atoms with E-state index >= 15 is 0 Å². The Morgan fingerprint density at radius 2 is 1.71 bits per heavy atom. The molecule has 0 aliphatic carbocycles. The van der Waals surface area contributed by atoms with Gasteiger partial charge in [0.2, 0.25) is 0 Å². The topological polar surface area (TPSA) is 83.6 Å². The van der Waals surface area contributed by atoms with Crippen molar-refractivity contribution in [2.75, 3.05) is 12.3 Å². The fourth-order valence-corrected chi connectivity index (χ4v) is 5.80. The Kier molecular flexibility index (Phi) is 5.45. The van der Waals surface area contributed by atoms with Gasteiger partial charge in [-0.2, -0.15) is 0 Å². The molecule has 1 aliphatic rings. The number of benzene rings is 3. The first kappa shape index (κ1) is 21.6. The van der Waals surface area contributed by atoms with Crippen LogP contribution in [-0.2, 0) is 20.2 Å². The number of hydrogen-bond donors (Lipinski definition) is 1. The van der Waals surface area contributed by atoms with Crippen molar-refractivity contribution in [1.82, 2.24) is 10.2 Å². The number of rotatable bonds is 5. The molecule has 0 aromatic heterocycles. The maximum Gasteiger partial charge on any atom is 0.325 e. The van der Waals surface area contributed by atoms with E-state index in [4.69, 9.17) is 23.2 Å². The molecule has 1 unspecified atom stereocenters. The molecule has 1 N–H and O–H groups in total. The molecule has 160 valence electrons. The maximum atomic E-state index is 13.3. The molecule has 1 fully saturated rings. The highest BCUT2D eigenvalue weighted by molar-refractivity contribution is 7.91. The molecule has 31 heavy (non-hydrogen) atoms. The van der Waals surface area contributed by atoms with E-state index in [1.165, 1.54) is 18.2 Å². The maximum absolute atomic E-state index is 13.3. The average Bonchev–Trinajstić information content (AvgIpc) is 2.96. The molecule has 0 radical (unpaired) electrons. The fraction of sp³-hybridized carbons (Fsp3) is 0.182. The molecule has 0 spiro atoms. The number of amides is 3. The van der Waals surface area contributed by atoms with E-state index in [9.17, 15) is 18.0 Å². The van der Waals surface area contributed by atoms with Gasteiger partial charge in [0.05, 0.1) is 15.7 Å². The molecule has 9 heteroatoms. The molecule has 1 heterocycles. The van der Waals surface area contributed by atoms with Gasteiger partial charge in [0.1, 0.15) is 5.54 Å². The van der Waals surface area contributed by atoms with E-state index in [0.717, 1.165) is 15.7 Å². The Hall–Kier alpha value is -2.61. The number of halogens is 2. The summed E-state index contributed by atoms with van der Waals surface area (Å²) in [6.07, 6.45) is 0. The van der Waals surface area contributed by atoms with Crippen LogP contribution < -0.4 is 5.32 Å². The van der Waals surface area contributed by atoms with Crippen LogP contribution in [0.2, 0.25) is 10.0 Å².